The highest BCUT2D eigenvalue weighted by atomic mass is 16.5. The van der Waals surface area contributed by atoms with Crippen LogP contribution in [0, 0.1) is 13.8 Å². The highest BCUT2D eigenvalue weighted by Gasteiger charge is 2.07. The van der Waals surface area contributed by atoms with Crippen molar-refractivity contribution in [2.75, 3.05) is 5.73 Å². The van der Waals surface area contributed by atoms with E-state index in [0.29, 0.717) is 18.2 Å². The quantitative estimate of drug-likeness (QED) is 0.737. The summed E-state index contributed by atoms with van der Waals surface area (Å²) in [5, 5.41) is 0. The normalized spacial score (nSPS) is 10.9. The maximum Gasteiger partial charge on any atom is 0.233 e. The lowest BCUT2D eigenvalue weighted by Crippen LogP contribution is -1.96. The van der Waals surface area contributed by atoms with Crippen LogP contribution in [0.1, 0.15) is 17.0 Å². The number of ether oxygens (including phenoxy) is 1. The van der Waals surface area contributed by atoms with Crippen LogP contribution in [0.15, 0.2) is 40.8 Å². The fourth-order valence-electron chi connectivity index (χ4n) is 2.22. The third-order valence-corrected chi connectivity index (χ3v) is 3.01. The second-order valence-electron chi connectivity index (χ2n) is 4.95. The molecule has 20 heavy (non-hydrogen) atoms. The van der Waals surface area contributed by atoms with Gasteiger partial charge in [0.25, 0.3) is 0 Å². The van der Waals surface area contributed by atoms with E-state index in [1.165, 1.54) is 11.1 Å². The molecule has 0 aliphatic heterocycles. The summed E-state index contributed by atoms with van der Waals surface area (Å²) < 4.78 is 11.3. The minimum atomic E-state index is 0.303. The largest absolute Gasteiger partial charge is 0.484 e. The Hall–Kier alpha value is -2.49. The predicted octanol–water partition coefficient (Wildman–Crippen LogP) is 3.61. The first-order valence-electron chi connectivity index (χ1n) is 6.46. The van der Waals surface area contributed by atoms with Gasteiger partial charge in [0.2, 0.25) is 5.89 Å². The molecule has 2 aromatic carbocycles. The molecule has 4 heteroatoms. The number of rotatable bonds is 3. The number of nitrogens with zero attached hydrogens (tertiary/aromatic N) is 1. The first-order chi connectivity index (χ1) is 9.60. The number of anilines is 1. The van der Waals surface area contributed by atoms with Gasteiger partial charge in [0.15, 0.2) is 12.2 Å². The van der Waals surface area contributed by atoms with Crippen molar-refractivity contribution in [1.82, 2.24) is 4.98 Å². The fraction of sp³-hybridized carbons (Fsp3) is 0.188. The summed E-state index contributed by atoms with van der Waals surface area (Å²) >= 11 is 0. The number of hydrogen-bond donors (Lipinski definition) is 1. The maximum atomic E-state index is 5.73. The predicted molar refractivity (Wildman–Crippen MR) is 78.7 cm³/mol. The van der Waals surface area contributed by atoms with Crippen molar-refractivity contribution in [3.8, 4) is 5.75 Å². The zero-order valence-electron chi connectivity index (χ0n) is 11.5. The Kier molecular flexibility index (Phi) is 3.06. The second-order valence-corrected chi connectivity index (χ2v) is 4.95. The van der Waals surface area contributed by atoms with Crippen LogP contribution >= 0.6 is 0 Å². The molecule has 0 fully saturated rings. The molecule has 0 amide bonds. The lowest BCUT2D eigenvalue weighted by atomic mass is 10.1. The van der Waals surface area contributed by atoms with Crippen molar-refractivity contribution < 1.29 is 9.15 Å². The van der Waals surface area contributed by atoms with Crippen LogP contribution in [0.5, 0.6) is 5.75 Å². The molecule has 0 atom stereocenters. The molecule has 0 radical (unpaired) electrons. The molecule has 1 aromatic heterocycles. The molecule has 2 N–H and O–H groups in total. The van der Waals surface area contributed by atoms with Crippen molar-refractivity contribution in [3.63, 3.8) is 0 Å². The first-order valence-corrected chi connectivity index (χ1v) is 6.46. The molecule has 0 aliphatic carbocycles. The standard InChI is InChI=1S/C16H16N2O2/c1-10-5-11(2)7-13(6-10)19-9-16-18-14-8-12(17)3-4-15(14)20-16/h3-8H,9,17H2,1-2H3. The summed E-state index contributed by atoms with van der Waals surface area (Å²) in [6.45, 7) is 4.39. The molecule has 0 spiro atoms. The number of nitrogen functional groups attached to an aromatic ring is 1. The van der Waals surface area contributed by atoms with E-state index in [1.54, 1.807) is 12.1 Å². The molecule has 0 aliphatic rings. The Balaban J connectivity index is 1.79. The number of fused-ring (bicyclic) bond motifs is 1. The van der Waals surface area contributed by atoms with Crippen LogP contribution in [0.3, 0.4) is 0 Å². The Labute approximate surface area is 117 Å². The smallest absolute Gasteiger partial charge is 0.233 e. The average molecular weight is 268 g/mol. The van der Waals surface area contributed by atoms with E-state index in [2.05, 4.69) is 11.1 Å². The summed E-state index contributed by atoms with van der Waals surface area (Å²) in [4.78, 5) is 4.36. The highest BCUT2D eigenvalue weighted by Crippen LogP contribution is 2.21. The third-order valence-electron chi connectivity index (χ3n) is 3.01. The molecule has 0 unspecified atom stereocenters. The number of nitrogens with two attached hydrogens (primary N) is 1. The van der Waals surface area contributed by atoms with Crippen molar-refractivity contribution in [3.05, 3.63) is 53.4 Å². The molecule has 3 aromatic rings. The third kappa shape index (κ3) is 2.59. The van der Waals surface area contributed by atoms with E-state index in [9.17, 15) is 0 Å². The van der Waals surface area contributed by atoms with Crippen LogP contribution < -0.4 is 10.5 Å². The highest BCUT2D eigenvalue weighted by molar-refractivity contribution is 5.76. The molecule has 3 rings (SSSR count). The summed E-state index contributed by atoms with van der Waals surface area (Å²) in [7, 11) is 0. The lowest BCUT2D eigenvalue weighted by molar-refractivity contribution is 0.267. The van der Waals surface area contributed by atoms with E-state index in [-0.39, 0.29) is 0 Å². The maximum absolute atomic E-state index is 5.73. The second kappa shape index (κ2) is 4.89. The Morgan fingerprint density at radius 3 is 2.60 bits per heavy atom. The van der Waals surface area contributed by atoms with E-state index in [0.717, 1.165) is 16.8 Å². The molecule has 0 saturated carbocycles. The van der Waals surface area contributed by atoms with Crippen molar-refractivity contribution in [2.24, 2.45) is 0 Å². The van der Waals surface area contributed by atoms with Crippen LogP contribution in [-0.4, -0.2) is 4.98 Å². The number of benzene rings is 2. The monoisotopic (exact) mass is 268 g/mol. The first kappa shape index (κ1) is 12.5. The Morgan fingerprint density at radius 1 is 1.10 bits per heavy atom. The number of oxazole rings is 1. The zero-order chi connectivity index (χ0) is 14.1. The molecule has 1 heterocycles. The van der Waals surface area contributed by atoms with Gasteiger partial charge in [-0.25, -0.2) is 4.98 Å². The van der Waals surface area contributed by atoms with Gasteiger partial charge in [0.05, 0.1) is 0 Å². The molecule has 0 bridgehead atoms. The number of aromatic nitrogens is 1. The van der Waals surface area contributed by atoms with Crippen LogP contribution in [0.25, 0.3) is 11.1 Å². The summed E-state index contributed by atoms with van der Waals surface area (Å²) in [6.07, 6.45) is 0. The summed E-state index contributed by atoms with van der Waals surface area (Å²) in [6, 6.07) is 11.5. The van der Waals surface area contributed by atoms with Gasteiger partial charge < -0.3 is 14.9 Å². The van der Waals surface area contributed by atoms with E-state index < -0.39 is 0 Å². The van der Waals surface area contributed by atoms with Gasteiger partial charge in [0, 0.05) is 5.69 Å². The number of aryl methyl sites for hydroxylation is 2. The fourth-order valence-corrected chi connectivity index (χ4v) is 2.22. The van der Waals surface area contributed by atoms with E-state index in [1.807, 2.05) is 32.0 Å². The summed E-state index contributed by atoms with van der Waals surface area (Å²) in [5.41, 5.74) is 10.2. The molecule has 102 valence electrons. The minimum absolute atomic E-state index is 0.303. The van der Waals surface area contributed by atoms with Gasteiger partial charge in [-0.1, -0.05) is 6.07 Å². The molecular formula is C16H16N2O2. The van der Waals surface area contributed by atoms with Crippen LogP contribution in [-0.2, 0) is 6.61 Å². The SMILES string of the molecule is Cc1cc(C)cc(OCc2nc3cc(N)ccc3o2)c1. The molecule has 4 nitrogen and oxygen atoms in total. The molecule has 0 saturated heterocycles. The number of hydrogen-bond acceptors (Lipinski definition) is 4. The van der Waals surface area contributed by atoms with Gasteiger partial charge >= 0.3 is 0 Å². The van der Waals surface area contributed by atoms with Gasteiger partial charge in [-0.3, -0.25) is 0 Å². The summed E-state index contributed by atoms with van der Waals surface area (Å²) in [5.74, 6) is 1.37. The van der Waals surface area contributed by atoms with Crippen molar-refractivity contribution in [2.45, 2.75) is 20.5 Å². The zero-order valence-corrected chi connectivity index (χ0v) is 11.5. The topological polar surface area (TPSA) is 61.3 Å². The van der Waals surface area contributed by atoms with Crippen LogP contribution in [0.4, 0.5) is 5.69 Å². The van der Waals surface area contributed by atoms with Crippen LogP contribution in [0.2, 0.25) is 0 Å². The lowest BCUT2D eigenvalue weighted by Gasteiger charge is -2.05. The average Bonchev–Trinajstić information content (AvgIpc) is 2.77. The van der Waals surface area contributed by atoms with Gasteiger partial charge in [0.1, 0.15) is 11.3 Å². The van der Waals surface area contributed by atoms with E-state index >= 15 is 0 Å². The Morgan fingerprint density at radius 2 is 1.85 bits per heavy atom. The Bertz CT molecular complexity index is 742. The van der Waals surface area contributed by atoms with Gasteiger partial charge in [-0.2, -0.15) is 0 Å². The van der Waals surface area contributed by atoms with Gasteiger partial charge in [-0.05, 0) is 55.3 Å². The van der Waals surface area contributed by atoms with E-state index in [4.69, 9.17) is 14.9 Å². The van der Waals surface area contributed by atoms with Crippen molar-refractivity contribution >= 4 is 16.8 Å². The van der Waals surface area contributed by atoms with Gasteiger partial charge in [-0.15, -0.1) is 0 Å². The van der Waals surface area contributed by atoms with Crippen molar-refractivity contribution in [1.29, 1.82) is 0 Å². The minimum Gasteiger partial charge on any atom is -0.484 e. The molecular weight excluding hydrogens is 252 g/mol.